The first-order valence-electron chi connectivity index (χ1n) is 9.57. The number of carbonyl (C=O) groups excluding carboxylic acids is 1. The van der Waals surface area contributed by atoms with Gasteiger partial charge in [-0.1, -0.05) is 0 Å². The quantitative estimate of drug-likeness (QED) is 0.611. The van der Waals surface area contributed by atoms with Gasteiger partial charge in [-0.2, -0.15) is 5.26 Å². The van der Waals surface area contributed by atoms with E-state index in [0.29, 0.717) is 47.3 Å². The number of hydrogen-bond acceptors (Lipinski definition) is 7. The number of nitrogens with one attached hydrogen (secondary N) is 2. The number of aryl methyl sites for hydroxylation is 1. The molecule has 0 unspecified atom stereocenters. The van der Waals surface area contributed by atoms with Crippen LogP contribution in [0, 0.1) is 18.3 Å². The lowest BCUT2D eigenvalue weighted by Crippen LogP contribution is -2.17. The number of carbonyl (C=O) groups is 1. The molecule has 2 N–H and O–H groups in total. The molecule has 0 radical (unpaired) electrons. The van der Waals surface area contributed by atoms with Gasteiger partial charge >= 0.3 is 0 Å². The second-order valence-electron chi connectivity index (χ2n) is 6.88. The number of sulfonamides is 1. The molecule has 1 aliphatic heterocycles. The van der Waals surface area contributed by atoms with E-state index < -0.39 is 15.9 Å². The summed E-state index contributed by atoms with van der Waals surface area (Å²) < 4.78 is 38.8. The number of pyridine rings is 1. The molecular weight excluding hydrogens is 432 g/mol. The van der Waals surface area contributed by atoms with Crippen LogP contribution >= 0.6 is 0 Å². The van der Waals surface area contributed by atoms with E-state index in [-0.39, 0.29) is 10.6 Å². The smallest absolute Gasteiger partial charge is 0.274 e. The number of nitrogens with zero attached hydrogens (tertiary/aromatic N) is 2. The van der Waals surface area contributed by atoms with Crippen LogP contribution in [0.25, 0.3) is 0 Å². The standard InChI is InChI=1S/C22H18N4O5S/c1-14-15(13-23)2-8-19(24-14)22(27)25-16-3-5-17(6-4-16)26-32(28,29)18-7-9-20-21(12-18)31-11-10-30-20/h2-9,12,26H,10-11H2,1H3,(H,25,27). The van der Waals surface area contributed by atoms with Crippen LogP contribution in [0.1, 0.15) is 21.7 Å². The van der Waals surface area contributed by atoms with Gasteiger partial charge in [0.25, 0.3) is 15.9 Å². The Morgan fingerprint density at radius 2 is 1.69 bits per heavy atom. The maximum atomic E-state index is 12.7. The van der Waals surface area contributed by atoms with E-state index in [0.717, 1.165) is 0 Å². The summed E-state index contributed by atoms with van der Waals surface area (Å²) in [6.45, 7) is 2.42. The van der Waals surface area contributed by atoms with E-state index in [1.807, 2.05) is 6.07 Å². The summed E-state index contributed by atoms with van der Waals surface area (Å²) in [7, 11) is -3.85. The van der Waals surface area contributed by atoms with Gasteiger partial charge in [-0.3, -0.25) is 9.52 Å². The fourth-order valence-electron chi connectivity index (χ4n) is 3.03. The molecule has 0 fully saturated rings. The molecule has 0 atom stereocenters. The first kappa shape index (κ1) is 21.1. The molecule has 3 aromatic rings. The van der Waals surface area contributed by atoms with Crippen LogP contribution in [0.15, 0.2) is 59.5 Å². The molecule has 0 saturated carbocycles. The van der Waals surface area contributed by atoms with Gasteiger partial charge in [-0.05, 0) is 55.5 Å². The van der Waals surface area contributed by atoms with Crippen molar-refractivity contribution in [1.29, 1.82) is 5.26 Å². The number of ether oxygens (including phenoxy) is 2. The summed E-state index contributed by atoms with van der Waals surface area (Å²) in [6.07, 6.45) is 0. The SMILES string of the molecule is Cc1nc(C(=O)Nc2ccc(NS(=O)(=O)c3ccc4c(c3)OCCO4)cc2)ccc1C#N. The first-order chi connectivity index (χ1) is 15.4. The number of rotatable bonds is 5. The highest BCUT2D eigenvalue weighted by molar-refractivity contribution is 7.92. The molecule has 0 saturated heterocycles. The van der Waals surface area contributed by atoms with Crippen LogP contribution in [0.4, 0.5) is 11.4 Å². The molecule has 0 aliphatic carbocycles. The molecule has 2 heterocycles. The molecule has 2 aromatic carbocycles. The Labute approximate surface area is 184 Å². The second-order valence-corrected chi connectivity index (χ2v) is 8.57. The van der Waals surface area contributed by atoms with Crippen molar-refractivity contribution in [3.05, 3.63) is 71.5 Å². The highest BCUT2D eigenvalue weighted by Crippen LogP contribution is 2.32. The minimum atomic E-state index is -3.85. The van der Waals surface area contributed by atoms with Gasteiger partial charge in [-0.25, -0.2) is 13.4 Å². The van der Waals surface area contributed by atoms with Crippen LogP contribution in [0.2, 0.25) is 0 Å². The van der Waals surface area contributed by atoms with Crippen molar-refractivity contribution in [3.8, 4) is 17.6 Å². The summed E-state index contributed by atoms with van der Waals surface area (Å²) in [5, 5.41) is 11.7. The highest BCUT2D eigenvalue weighted by Gasteiger charge is 2.19. The van der Waals surface area contributed by atoms with Crippen molar-refractivity contribution in [1.82, 2.24) is 4.98 Å². The molecule has 0 spiro atoms. The van der Waals surface area contributed by atoms with E-state index in [4.69, 9.17) is 14.7 Å². The molecule has 1 aromatic heterocycles. The van der Waals surface area contributed by atoms with E-state index >= 15 is 0 Å². The van der Waals surface area contributed by atoms with Crippen molar-refractivity contribution >= 4 is 27.3 Å². The minimum absolute atomic E-state index is 0.0430. The van der Waals surface area contributed by atoms with Gasteiger partial charge in [0, 0.05) is 17.4 Å². The van der Waals surface area contributed by atoms with Gasteiger partial charge in [0.05, 0.1) is 16.2 Å². The Morgan fingerprint density at radius 3 is 2.38 bits per heavy atom. The Bertz CT molecular complexity index is 1330. The van der Waals surface area contributed by atoms with Gasteiger partial charge in [0.1, 0.15) is 25.0 Å². The maximum Gasteiger partial charge on any atom is 0.274 e. The van der Waals surface area contributed by atoms with Crippen LogP contribution in [-0.2, 0) is 10.0 Å². The predicted molar refractivity (Wildman–Crippen MR) is 116 cm³/mol. The van der Waals surface area contributed by atoms with Crippen molar-refractivity contribution in [2.75, 3.05) is 23.3 Å². The minimum Gasteiger partial charge on any atom is -0.486 e. The normalized spacial score (nSPS) is 12.5. The first-order valence-corrected chi connectivity index (χ1v) is 11.1. The average molecular weight is 450 g/mol. The topological polar surface area (TPSA) is 130 Å². The number of anilines is 2. The Balaban J connectivity index is 1.45. The van der Waals surface area contributed by atoms with Crippen molar-refractivity contribution in [2.24, 2.45) is 0 Å². The van der Waals surface area contributed by atoms with Crippen LogP contribution in [0.5, 0.6) is 11.5 Å². The van der Waals surface area contributed by atoms with Crippen molar-refractivity contribution in [3.63, 3.8) is 0 Å². The maximum absolute atomic E-state index is 12.7. The summed E-state index contributed by atoms with van der Waals surface area (Å²) in [5.74, 6) is 0.438. The largest absolute Gasteiger partial charge is 0.486 e. The molecule has 9 nitrogen and oxygen atoms in total. The zero-order valence-electron chi connectivity index (χ0n) is 17.0. The summed E-state index contributed by atoms with van der Waals surface area (Å²) in [6, 6.07) is 15.6. The Hall–Kier alpha value is -4.10. The van der Waals surface area contributed by atoms with Crippen LogP contribution in [0.3, 0.4) is 0 Å². The number of aromatic nitrogens is 1. The number of benzene rings is 2. The van der Waals surface area contributed by atoms with Crippen LogP contribution < -0.4 is 19.5 Å². The lowest BCUT2D eigenvalue weighted by atomic mass is 10.2. The zero-order chi connectivity index (χ0) is 22.7. The summed E-state index contributed by atoms with van der Waals surface area (Å²) >= 11 is 0. The summed E-state index contributed by atoms with van der Waals surface area (Å²) in [4.78, 5) is 16.6. The van der Waals surface area contributed by atoms with Gasteiger partial charge in [-0.15, -0.1) is 0 Å². The molecule has 10 heteroatoms. The lowest BCUT2D eigenvalue weighted by molar-refractivity contribution is 0.102. The number of amides is 1. The highest BCUT2D eigenvalue weighted by atomic mass is 32.2. The summed E-state index contributed by atoms with van der Waals surface area (Å²) in [5.41, 5.74) is 1.82. The third-order valence-electron chi connectivity index (χ3n) is 4.66. The lowest BCUT2D eigenvalue weighted by Gasteiger charge is -2.19. The Morgan fingerprint density at radius 1 is 1.00 bits per heavy atom. The molecule has 1 amide bonds. The van der Waals surface area contributed by atoms with Gasteiger partial charge in [0.2, 0.25) is 0 Å². The molecule has 4 rings (SSSR count). The van der Waals surface area contributed by atoms with Gasteiger partial charge in [0.15, 0.2) is 11.5 Å². The monoisotopic (exact) mass is 450 g/mol. The van der Waals surface area contributed by atoms with E-state index in [1.54, 1.807) is 25.1 Å². The predicted octanol–water partition coefficient (Wildman–Crippen LogP) is 3.09. The fourth-order valence-corrected chi connectivity index (χ4v) is 4.10. The number of fused-ring (bicyclic) bond motifs is 1. The molecule has 1 aliphatic rings. The zero-order valence-corrected chi connectivity index (χ0v) is 17.8. The number of nitriles is 1. The molecule has 0 bridgehead atoms. The van der Waals surface area contributed by atoms with E-state index in [1.165, 1.54) is 36.4 Å². The van der Waals surface area contributed by atoms with Crippen LogP contribution in [-0.4, -0.2) is 32.5 Å². The Kier molecular flexibility index (Phi) is 5.66. The molecule has 32 heavy (non-hydrogen) atoms. The average Bonchev–Trinajstić information content (AvgIpc) is 2.79. The number of hydrogen-bond donors (Lipinski definition) is 2. The van der Waals surface area contributed by atoms with Crippen molar-refractivity contribution < 1.29 is 22.7 Å². The van der Waals surface area contributed by atoms with E-state index in [2.05, 4.69) is 15.0 Å². The third-order valence-corrected chi connectivity index (χ3v) is 6.04. The fraction of sp³-hybridized carbons (Fsp3) is 0.136. The van der Waals surface area contributed by atoms with Crippen molar-refractivity contribution in [2.45, 2.75) is 11.8 Å². The molecular formula is C22H18N4O5S. The van der Waals surface area contributed by atoms with Gasteiger partial charge < -0.3 is 14.8 Å². The third kappa shape index (κ3) is 4.48. The second kappa shape index (κ2) is 8.56. The van der Waals surface area contributed by atoms with E-state index in [9.17, 15) is 13.2 Å². The molecule has 162 valence electrons.